The van der Waals surface area contributed by atoms with Gasteiger partial charge in [0.2, 0.25) is 0 Å². The van der Waals surface area contributed by atoms with E-state index >= 15 is 0 Å². The molecule has 0 spiro atoms. The van der Waals surface area contributed by atoms with Gasteiger partial charge in [-0.2, -0.15) is 0 Å². The number of hydrogen-bond donors (Lipinski definition) is 2. The van der Waals surface area contributed by atoms with Gasteiger partial charge in [0, 0.05) is 17.7 Å². The highest BCUT2D eigenvalue weighted by Crippen LogP contribution is 2.13. The zero-order chi connectivity index (χ0) is 18.3. The smallest absolute Gasteiger partial charge is 0.284 e. The van der Waals surface area contributed by atoms with E-state index in [9.17, 15) is 14.0 Å². The van der Waals surface area contributed by atoms with Gasteiger partial charge in [0.15, 0.2) is 5.43 Å². The number of pyridine rings is 1. The lowest BCUT2D eigenvalue weighted by Crippen LogP contribution is -2.21. The molecule has 4 rings (SSSR count). The monoisotopic (exact) mass is 349 g/mol. The van der Waals surface area contributed by atoms with Crippen molar-refractivity contribution >= 4 is 11.0 Å². The molecule has 0 aliphatic rings. The lowest BCUT2D eigenvalue weighted by Gasteiger charge is -2.05. The number of halogens is 1. The normalized spacial score (nSPS) is 11.2. The van der Waals surface area contributed by atoms with Gasteiger partial charge in [0.05, 0.1) is 5.69 Å². The van der Waals surface area contributed by atoms with Crippen LogP contribution in [0.1, 0.15) is 16.8 Å². The fraction of sp³-hybridized carbons (Fsp3) is 0.100. The lowest BCUT2D eigenvalue weighted by atomic mass is 10.0. The van der Waals surface area contributed by atoms with Crippen molar-refractivity contribution in [2.24, 2.45) is 0 Å². The van der Waals surface area contributed by atoms with Crippen molar-refractivity contribution in [3.63, 3.8) is 0 Å². The maximum Gasteiger partial charge on any atom is 0.284 e. The molecule has 4 aromatic rings. The van der Waals surface area contributed by atoms with Crippen LogP contribution in [0.3, 0.4) is 0 Å². The molecule has 6 heteroatoms. The van der Waals surface area contributed by atoms with Crippen LogP contribution < -0.4 is 11.0 Å². The number of benzene rings is 2. The third-order valence-corrected chi connectivity index (χ3v) is 4.47. The first-order valence-corrected chi connectivity index (χ1v) is 8.21. The summed E-state index contributed by atoms with van der Waals surface area (Å²) in [6.07, 6.45) is 0.444. The number of nitrogens with zero attached hydrogens (tertiary/aromatic N) is 1. The molecule has 2 N–H and O–H groups in total. The Morgan fingerprint density at radius 2 is 1.69 bits per heavy atom. The van der Waals surface area contributed by atoms with E-state index in [4.69, 9.17) is 0 Å². The molecule has 0 radical (unpaired) electrons. The van der Waals surface area contributed by atoms with Crippen molar-refractivity contribution < 1.29 is 4.39 Å². The first kappa shape index (κ1) is 16.1. The Hall–Kier alpha value is -3.41. The molecule has 0 unspecified atom stereocenters. The lowest BCUT2D eigenvalue weighted by molar-refractivity contribution is 0.627. The third kappa shape index (κ3) is 2.65. The van der Waals surface area contributed by atoms with Crippen LogP contribution in [0.2, 0.25) is 0 Å². The molecule has 2 aromatic carbocycles. The molecule has 0 aliphatic heterocycles. The molecule has 0 amide bonds. The molecular weight excluding hydrogens is 333 g/mol. The SMILES string of the molecule is Cc1[nH]c2[nH]n(-c3ccc(F)cc3)c(=O)c2c(=O)c1Cc1ccccc1. The number of rotatable bonds is 3. The first-order chi connectivity index (χ1) is 12.5. The predicted molar refractivity (Wildman–Crippen MR) is 98.5 cm³/mol. The van der Waals surface area contributed by atoms with E-state index in [2.05, 4.69) is 10.1 Å². The summed E-state index contributed by atoms with van der Waals surface area (Å²) < 4.78 is 14.4. The number of H-pyrrole nitrogens is 2. The summed E-state index contributed by atoms with van der Waals surface area (Å²) >= 11 is 0. The van der Waals surface area contributed by atoms with Crippen LogP contribution >= 0.6 is 0 Å². The molecule has 2 aromatic heterocycles. The Morgan fingerprint density at radius 3 is 2.38 bits per heavy atom. The fourth-order valence-electron chi connectivity index (χ4n) is 3.11. The Morgan fingerprint density at radius 1 is 1.00 bits per heavy atom. The summed E-state index contributed by atoms with van der Waals surface area (Å²) in [6.45, 7) is 1.81. The molecule has 5 nitrogen and oxygen atoms in total. The Bertz CT molecular complexity index is 1200. The summed E-state index contributed by atoms with van der Waals surface area (Å²) in [5.41, 5.74) is 2.34. The number of nitrogens with one attached hydrogen (secondary N) is 2. The van der Waals surface area contributed by atoms with Crippen molar-refractivity contribution in [3.05, 3.63) is 97.8 Å². The van der Waals surface area contributed by atoms with E-state index in [0.29, 0.717) is 29.0 Å². The Kier molecular flexibility index (Phi) is 3.80. The minimum absolute atomic E-state index is 0.0749. The molecule has 2 heterocycles. The zero-order valence-electron chi connectivity index (χ0n) is 14.0. The second-order valence-electron chi connectivity index (χ2n) is 6.20. The maximum absolute atomic E-state index is 13.1. The first-order valence-electron chi connectivity index (χ1n) is 8.21. The zero-order valence-corrected chi connectivity index (χ0v) is 14.0. The standard InChI is InChI=1S/C20H16FN3O2/c1-12-16(11-13-5-3-2-4-6-13)18(25)17-19(22-12)23-24(20(17)26)15-9-7-14(21)8-10-15/h2-10H,11H2,1H3,(H2,22,23,25). The molecule has 0 saturated heterocycles. The molecule has 0 fully saturated rings. The molecule has 0 saturated carbocycles. The summed E-state index contributed by atoms with van der Waals surface area (Å²) in [7, 11) is 0. The van der Waals surface area contributed by atoms with Gasteiger partial charge in [-0.25, -0.2) is 9.07 Å². The van der Waals surface area contributed by atoms with E-state index in [-0.39, 0.29) is 10.8 Å². The van der Waals surface area contributed by atoms with Gasteiger partial charge >= 0.3 is 0 Å². The molecule has 0 bridgehead atoms. The number of fused-ring (bicyclic) bond motifs is 1. The number of aromatic nitrogens is 3. The van der Waals surface area contributed by atoms with Crippen LogP contribution in [0.4, 0.5) is 4.39 Å². The summed E-state index contributed by atoms with van der Waals surface area (Å²) in [6, 6.07) is 15.1. The van der Waals surface area contributed by atoms with E-state index < -0.39 is 11.4 Å². The minimum atomic E-state index is -0.456. The second kappa shape index (κ2) is 6.15. The summed E-state index contributed by atoms with van der Waals surface area (Å²) in [5, 5.41) is 2.97. The van der Waals surface area contributed by atoms with Gasteiger partial charge in [0.1, 0.15) is 16.9 Å². The Labute approximate surface area is 147 Å². The molecule has 0 atom stereocenters. The average molecular weight is 349 g/mol. The van der Waals surface area contributed by atoms with Gasteiger partial charge in [-0.15, -0.1) is 0 Å². The highest BCUT2D eigenvalue weighted by molar-refractivity contribution is 5.75. The summed E-state index contributed by atoms with van der Waals surface area (Å²) in [4.78, 5) is 28.8. The van der Waals surface area contributed by atoms with Crippen LogP contribution in [-0.4, -0.2) is 14.8 Å². The predicted octanol–water partition coefficient (Wildman–Crippen LogP) is 3.05. The van der Waals surface area contributed by atoms with Crippen LogP contribution in [0.25, 0.3) is 16.7 Å². The van der Waals surface area contributed by atoms with Gasteiger partial charge in [-0.3, -0.25) is 14.7 Å². The number of hydrogen-bond acceptors (Lipinski definition) is 2. The Balaban J connectivity index is 1.90. The average Bonchev–Trinajstić information content (AvgIpc) is 2.96. The maximum atomic E-state index is 13.1. The van der Waals surface area contributed by atoms with Gasteiger partial charge in [-0.05, 0) is 36.8 Å². The molecule has 0 aliphatic carbocycles. The van der Waals surface area contributed by atoms with E-state index in [1.807, 2.05) is 37.3 Å². The van der Waals surface area contributed by atoms with Crippen molar-refractivity contribution in [1.29, 1.82) is 0 Å². The highest BCUT2D eigenvalue weighted by atomic mass is 19.1. The largest absolute Gasteiger partial charge is 0.343 e. The van der Waals surface area contributed by atoms with Crippen LogP contribution in [-0.2, 0) is 6.42 Å². The quantitative estimate of drug-likeness (QED) is 0.597. The van der Waals surface area contributed by atoms with E-state index in [1.165, 1.54) is 28.9 Å². The third-order valence-electron chi connectivity index (χ3n) is 4.47. The second-order valence-corrected chi connectivity index (χ2v) is 6.20. The van der Waals surface area contributed by atoms with Gasteiger partial charge in [0.25, 0.3) is 5.56 Å². The molecule has 130 valence electrons. The number of aryl methyl sites for hydroxylation is 1. The van der Waals surface area contributed by atoms with Crippen molar-refractivity contribution in [3.8, 4) is 5.69 Å². The topological polar surface area (TPSA) is 70.7 Å². The van der Waals surface area contributed by atoms with Crippen molar-refractivity contribution in [2.45, 2.75) is 13.3 Å². The molecule has 26 heavy (non-hydrogen) atoms. The van der Waals surface area contributed by atoms with E-state index in [0.717, 1.165) is 5.56 Å². The van der Waals surface area contributed by atoms with Crippen LogP contribution in [0, 0.1) is 12.7 Å². The summed E-state index contributed by atoms with van der Waals surface area (Å²) in [5.74, 6) is -0.394. The van der Waals surface area contributed by atoms with Gasteiger partial charge in [-0.1, -0.05) is 30.3 Å². The van der Waals surface area contributed by atoms with Crippen molar-refractivity contribution in [1.82, 2.24) is 14.8 Å². The van der Waals surface area contributed by atoms with Crippen LogP contribution in [0.5, 0.6) is 0 Å². The van der Waals surface area contributed by atoms with Crippen LogP contribution in [0.15, 0.2) is 64.2 Å². The van der Waals surface area contributed by atoms with Crippen molar-refractivity contribution in [2.75, 3.05) is 0 Å². The number of aromatic amines is 2. The van der Waals surface area contributed by atoms with E-state index in [1.54, 1.807) is 0 Å². The fourth-order valence-corrected chi connectivity index (χ4v) is 3.11. The highest BCUT2D eigenvalue weighted by Gasteiger charge is 2.17. The van der Waals surface area contributed by atoms with Gasteiger partial charge < -0.3 is 4.98 Å². The minimum Gasteiger partial charge on any atom is -0.343 e. The molecular formula is C20H16FN3O2.